The van der Waals surface area contributed by atoms with Gasteiger partial charge in [0.15, 0.2) is 0 Å². The molecule has 17 heavy (non-hydrogen) atoms. The summed E-state index contributed by atoms with van der Waals surface area (Å²) < 4.78 is 10.00. The van der Waals surface area contributed by atoms with Crippen LogP contribution in [0, 0.1) is 0 Å². The summed E-state index contributed by atoms with van der Waals surface area (Å²) in [7, 11) is 2.96. The summed E-state index contributed by atoms with van der Waals surface area (Å²) in [6.07, 6.45) is 2.44. The first-order valence-electron chi connectivity index (χ1n) is 5.66. The van der Waals surface area contributed by atoms with Crippen molar-refractivity contribution in [3.63, 3.8) is 0 Å². The quantitative estimate of drug-likeness (QED) is 0.786. The van der Waals surface area contributed by atoms with Crippen molar-refractivity contribution in [1.82, 2.24) is 0 Å². The van der Waals surface area contributed by atoms with Crippen LogP contribution >= 0.6 is 0 Å². The summed E-state index contributed by atoms with van der Waals surface area (Å²) >= 11 is 0. The van der Waals surface area contributed by atoms with Crippen molar-refractivity contribution >= 4 is 5.97 Å². The largest absolute Gasteiger partial charge is 0.497 e. The Labute approximate surface area is 101 Å². The number of hydrogen-bond donors (Lipinski definition) is 1. The average Bonchev–Trinajstić information content (AvgIpc) is 2.37. The van der Waals surface area contributed by atoms with Crippen LogP contribution in [0.15, 0.2) is 18.2 Å². The van der Waals surface area contributed by atoms with Gasteiger partial charge in [0.2, 0.25) is 0 Å². The third-order valence-electron chi connectivity index (χ3n) is 3.36. The van der Waals surface area contributed by atoms with Gasteiger partial charge in [0.25, 0.3) is 0 Å². The molecule has 0 spiro atoms. The Hall–Kier alpha value is -1.55. The molecule has 1 atom stereocenters. The van der Waals surface area contributed by atoms with Gasteiger partial charge >= 0.3 is 5.97 Å². The second kappa shape index (κ2) is 4.37. The molecule has 0 aromatic heterocycles. The molecule has 4 nitrogen and oxygen atoms in total. The minimum Gasteiger partial charge on any atom is -0.497 e. The number of fused-ring (bicyclic) bond motifs is 1. The molecule has 0 saturated carbocycles. The normalized spacial score (nSPS) is 22.8. The van der Waals surface area contributed by atoms with Crippen molar-refractivity contribution in [3.05, 3.63) is 29.3 Å². The Balaban J connectivity index is 2.52. The van der Waals surface area contributed by atoms with Crippen LogP contribution in [0.25, 0.3) is 0 Å². The van der Waals surface area contributed by atoms with Crippen LogP contribution in [-0.2, 0) is 21.5 Å². The van der Waals surface area contributed by atoms with Gasteiger partial charge in [-0.1, -0.05) is 6.07 Å². The molecule has 1 unspecified atom stereocenters. The number of hydrogen-bond acceptors (Lipinski definition) is 4. The van der Waals surface area contributed by atoms with Crippen molar-refractivity contribution in [2.45, 2.75) is 24.8 Å². The van der Waals surface area contributed by atoms with E-state index in [2.05, 4.69) is 0 Å². The SMILES string of the molecule is COC(=O)C1(N)CCCc2ccc(OC)cc21. The number of aryl methyl sites for hydroxylation is 1. The Morgan fingerprint density at radius 3 is 2.82 bits per heavy atom. The van der Waals surface area contributed by atoms with Crippen molar-refractivity contribution < 1.29 is 14.3 Å². The van der Waals surface area contributed by atoms with E-state index in [1.165, 1.54) is 7.11 Å². The van der Waals surface area contributed by atoms with Crippen molar-refractivity contribution in [1.29, 1.82) is 0 Å². The van der Waals surface area contributed by atoms with Gasteiger partial charge in [-0.2, -0.15) is 0 Å². The summed E-state index contributed by atoms with van der Waals surface area (Å²) in [5.41, 5.74) is 7.12. The van der Waals surface area contributed by atoms with Gasteiger partial charge in [0, 0.05) is 0 Å². The van der Waals surface area contributed by atoms with E-state index in [0.29, 0.717) is 12.2 Å². The van der Waals surface area contributed by atoms with Crippen LogP contribution in [0.5, 0.6) is 5.75 Å². The highest BCUT2D eigenvalue weighted by Crippen LogP contribution is 2.36. The van der Waals surface area contributed by atoms with Crippen molar-refractivity contribution in [2.75, 3.05) is 14.2 Å². The molecule has 0 fully saturated rings. The molecule has 1 aromatic rings. The standard InChI is InChI=1S/C13H17NO3/c1-16-10-6-5-9-4-3-7-13(14,11(9)8-10)12(15)17-2/h5-6,8H,3-4,7,14H2,1-2H3. The fraction of sp³-hybridized carbons (Fsp3) is 0.462. The molecule has 0 bridgehead atoms. The Morgan fingerprint density at radius 2 is 2.18 bits per heavy atom. The average molecular weight is 235 g/mol. The van der Waals surface area contributed by atoms with E-state index in [0.717, 1.165) is 24.0 Å². The molecule has 0 amide bonds. The van der Waals surface area contributed by atoms with Gasteiger partial charge in [0.05, 0.1) is 14.2 Å². The maximum Gasteiger partial charge on any atom is 0.330 e. The number of benzene rings is 1. The van der Waals surface area contributed by atoms with Crippen LogP contribution < -0.4 is 10.5 Å². The Morgan fingerprint density at radius 1 is 1.41 bits per heavy atom. The first-order chi connectivity index (χ1) is 8.11. The lowest BCUT2D eigenvalue weighted by Crippen LogP contribution is -2.48. The number of ether oxygens (including phenoxy) is 2. The smallest absolute Gasteiger partial charge is 0.330 e. The maximum atomic E-state index is 11.9. The predicted molar refractivity (Wildman–Crippen MR) is 63.8 cm³/mol. The Kier molecular flexibility index (Phi) is 3.07. The van der Waals surface area contributed by atoms with Crippen LogP contribution in [0.3, 0.4) is 0 Å². The van der Waals surface area contributed by atoms with Crippen molar-refractivity contribution in [3.8, 4) is 5.75 Å². The highest BCUT2D eigenvalue weighted by molar-refractivity contribution is 5.83. The molecular weight excluding hydrogens is 218 g/mol. The first-order valence-corrected chi connectivity index (χ1v) is 5.66. The maximum absolute atomic E-state index is 11.9. The molecular formula is C13H17NO3. The third kappa shape index (κ3) is 1.89. The minimum absolute atomic E-state index is 0.383. The zero-order chi connectivity index (χ0) is 12.5. The highest BCUT2D eigenvalue weighted by Gasteiger charge is 2.41. The Bertz CT molecular complexity index is 444. The van der Waals surface area contributed by atoms with Gasteiger partial charge in [-0.15, -0.1) is 0 Å². The van der Waals surface area contributed by atoms with Gasteiger partial charge in [-0.05, 0) is 42.5 Å². The first kappa shape index (κ1) is 11.9. The lowest BCUT2D eigenvalue weighted by molar-refractivity contribution is -0.148. The molecule has 4 heteroatoms. The lowest BCUT2D eigenvalue weighted by atomic mass is 9.77. The number of nitrogens with two attached hydrogens (primary N) is 1. The van der Waals surface area contributed by atoms with Crippen LogP contribution in [-0.4, -0.2) is 20.2 Å². The van der Waals surface area contributed by atoms with E-state index < -0.39 is 5.54 Å². The van der Waals surface area contributed by atoms with E-state index in [9.17, 15) is 4.79 Å². The summed E-state index contributed by atoms with van der Waals surface area (Å²) in [4.78, 5) is 11.9. The minimum atomic E-state index is -1.03. The molecule has 1 aromatic carbocycles. The molecule has 1 aliphatic carbocycles. The molecule has 92 valence electrons. The fourth-order valence-corrected chi connectivity index (χ4v) is 2.40. The fourth-order valence-electron chi connectivity index (χ4n) is 2.40. The molecule has 2 N–H and O–H groups in total. The van der Waals surface area contributed by atoms with Crippen LogP contribution in [0.1, 0.15) is 24.0 Å². The zero-order valence-corrected chi connectivity index (χ0v) is 10.2. The summed E-state index contributed by atoms with van der Waals surface area (Å²) in [6, 6.07) is 5.70. The van der Waals surface area contributed by atoms with Gasteiger partial charge < -0.3 is 15.2 Å². The van der Waals surface area contributed by atoms with E-state index in [1.807, 2.05) is 18.2 Å². The number of esters is 1. The molecule has 0 heterocycles. The second-order valence-corrected chi connectivity index (χ2v) is 4.34. The number of rotatable bonds is 2. The number of carbonyl (C=O) groups is 1. The number of methoxy groups -OCH3 is 2. The van der Waals surface area contributed by atoms with Crippen LogP contribution in [0.2, 0.25) is 0 Å². The molecule has 2 rings (SSSR count). The predicted octanol–water partition coefficient (Wildman–Crippen LogP) is 1.36. The molecule has 0 saturated heterocycles. The summed E-state index contributed by atoms with van der Waals surface area (Å²) in [5, 5.41) is 0. The van der Waals surface area contributed by atoms with E-state index >= 15 is 0 Å². The second-order valence-electron chi connectivity index (χ2n) is 4.34. The third-order valence-corrected chi connectivity index (χ3v) is 3.36. The van der Waals surface area contributed by atoms with E-state index in [-0.39, 0.29) is 5.97 Å². The molecule has 0 aliphatic heterocycles. The monoisotopic (exact) mass is 235 g/mol. The summed E-state index contributed by atoms with van der Waals surface area (Å²) in [5.74, 6) is 0.330. The molecule has 1 aliphatic rings. The lowest BCUT2D eigenvalue weighted by Gasteiger charge is -2.33. The van der Waals surface area contributed by atoms with Gasteiger partial charge in [-0.25, -0.2) is 4.79 Å². The van der Waals surface area contributed by atoms with Crippen LogP contribution in [0.4, 0.5) is 0 Å². The van der Waals surface area contributed by atoms with E-state index in [1.54, 1.807) is 7.11 Å². The van der Waals surface area contributed by atoms with Gasteiger partial charge in [0.1, 0.15) is 11.3 Å². The van der Waals surface area contributed by atoms with E-state index in [4.69, 9.17) is 15.2 Å². The highest BCUT2D eigenvalue weighted by atomic mass is 16.5. The topological polar surface area (TPSA) is 61.5 Å². The zero-order valence-electron chi connectivity index (χ0n) is 10.2. The number of carbonyl (C=O) groups excluding carboxylic acids is 1. The van der Waals surface area contributed by atoms with Gasteiger partial charge in [-0.3, -0.25) is 0 Å². The molecule has 0 radical (unpaired) electrons. The summed E-state index contributed by atoms with van der Waals surface area (Å²) in [6.45, 7) is 0. The van der Waals surface area contributed by atoms with Crippen molar-refractivity contribution in [2.24, 2.45) is 5.73 Å².